The van der Waals surface area contributed by atoms with E-state index < -0.39 is 5.91 Å². The van der Waals surface area contributed by atoms with Crippen molar-refractivity contribution in [2.75, 3.05) is 5.43 Å². The molecule has 2 heterocycles. The summed E-state index contributed by atoms with van der Waals surface area (Å²) in [6.07, 6.45) is 1.55. The Hall–Kier alpha value is -4.19. The van der Waals surface area contributed by atoms with Crippen LogP contribution >= 0.6 is 0 Å². The molecule has 0 fully saturated rings. The Labute approximate surface area is 171 Å². The maximum Gasteiger partial charge on any atom is 0.273 e. The highest BCUT2D eigenvalue weighted by molar-refractivity contribution is 6.09. The Morgan fingerprint density at radius 1 is 0.967 bits per heavy atom. The van der Waals surface area contributed by atoms with Crippen LogP contribution in [0.15, 0.2) is 88.3 Å². The maximum atomic E-state index is 13.1. The van der Waals surface area contributed by atoms with Crippen molar-refractivity contribution in [2.24, 2.45) is 0 Å². The molecule has 0 saturated carbocycles. The molecule has 0 bridgehead atoms. The van der Waals surface area contributed by atoms with E-state index in [4.69, 9.17) is 4.42 Å². The lowest BCUT2D eigenvalue weighted by atomic mass is 10.0. The van der Waals surface area contributed by atoms with Gasteiger partial charge in [0.1, 0.15) is 12.1 Å². The van der Waals surface area contributed by atoms with Crippen molar-refractivity contribution in [2.45, 2.75) is 6.92 Å². The van der Waals surface area contributed by atoms with Gasteiger partial charge in [0.05, 0.1) is 22.0 Å². The van der Waals surface area contributed by atoms with E-state index in [-0.39, 0.29) is 16.6 Å². The van der Waals surface area contributed by atoms with Gasteiger partial charge in [0, 0.05) is 11.1 Å². The second-order valence-corrected chi connectivity index (χ2v) is 6.98. The Morgan fingerprint density at radius 2 is 1.73 bits per heavy atom. The van der Waals surface area contributed by atoms with E-state index in [9.17, 15) is 9.59 Å². The summed E-state index contributed by atoms with van der Waals surface area (Å²) >= 11 is 0. The van der Waals surface area contributed by atoms with Gasteiger partial charge in [-0.2, -0.15) is 0 Å². The van der Waals surface area contributed by atoms with Crippen molar-refractivity contribution in [3.05, 3.63) is 100 Å². The van der Waals surface area contributed by atoms with Crippen molar-refractivity contribution >= 4 is 27.9 Å². The molecule has 0 saturated heterocycles. The molecular weight excluding hydrogens is 378 g/mol. The monoisotopic (exact) mass is 395 g/mol. The summed E-state index contributed by atoms with van der Waals surface area (Å²) in [5.74, 6) is 0.0659. The molecule has 5 rings (SSSR count). The highest BCUT2D eigenvalue weighted by atomic mass is 16.3. The summed E-state index contributed by atoms with van der Waals surface area (Å²) in [5.41, 5.74) is 6.03. The van der Waals surface area contributed by atoms with Gasteiger partial charge in [-0.1, -0.05) is 48.5 Å². The van der Waals surface area contributed by atoms with Crippen LogP contribution in [-0.2, 0) is 0 Å². The molecule has 0 aliphatic heterocycles. The van der Waals surface area contributed by atoms with E-state index in [2.05, 4.69) is 10.4 Å². The zero-order valence-corrected chi connectivity index (χ0v) is 16.1. The lowest BCUT2D eigenvalue weighted by Gasteiger charge is -2.11. The van der Waals surface area contributed by atoms with Crippen molar-refractivity contribution in [3.8, 4) is 11.3 Å². The van der Waals surface area contributed by atoms with E-state index in [0.717, 1.165) is 16.6 Å². The van der Waals surface area contributed by atoms with Crippen LogP contribution in [0.1, 0.15) is 15.9 Å². The number of nitrogens with one attached hydrogen (secondary N) is 1. The highest BCUT2D eigenvalue weighted by Gasteiger charge is 2.19. The third kappa shape index (κ3) is 2.86. The summed E-state index contributed by atoms with van der Waals surface area (Å²) in [4.78, 5) is 30.4. The van der Waals surface area contributed by atoms with Crippen LogP contribution in [-0.4, -0.2) is 15.6 Å². The minimum absolute atomic E-state index is 0.155. The van der Waals surface area contributed by atoms with Gasteiger partial charge in [-0.3, -0.25) is 15.0 Å². The van der Waals surface area contributed by atoms with Gasteiger partial charge in [0.15, 0.2) is 11.0 Å². The molecule has 5 aromatic rings. The quantitative estimate of drug-likeness (QED) is 0.488. The number of aromatic nitrogens is 2. The zero-order valence-electron chi connectivity index (χ0n) is 16.1. The van der Waals surface area contributed by atoms with Crippen LogP contribution in [0, 0.1) is 6.92 Å². The minimum Gasteiger partial charge on any atom is -0.455 e. The van der Waals surface area contributed by atoms with Gasteiger partial charge in [-0.05, 0) is 31.2 Å². The fraction of sp³-hybridized carbons (Fsp3) is 0.0417. The van der Waals surface area contributed by atoms with Crippen LogP contribution in [0.2, 0.25) is 0 Å². The standard InChI is InChI=1S/C24H17N3O3/c1-15-21(28)17-10-7-11-18(23(17)30-22(15)16-8-3-2-4-9-16)24(29)26-27-14-25-19-12-5-6-13-20(19)27/h2-14H,1H3,(H,26,29). The van der Waals surface area contributed by atoms with Crippen LogP contribution < -0.4 is 10.9 Å². The van der Waals surface area contributed by atoms with Gasteiger partial charge >= 0.3 is 0 Å². The van der Waals surface area contributed by atoms with Crippen molar-refractivity contribution in [3.63, 3.8) is 0 Å². The topological polar surface area (TPSA) is 77.1 Å². The molecule has 0 aliphatic rings. The third-order valence-electron chi connectivity index (χ3n) is 5.10. The van der Waals surface area contributed by atoms with E-state index in [1.54, 1.807) is 36.1 Å². The third-order valence-corrected chi connectivity index (χ3v) is 5.10. The maximum absolute atomic E-state index is 13.1. The molecule has 1 N–H and O–H groups in total. The lowest BCUT2D eigenvalue weighted by molar-refractivity contribution is 0.101. The molecule has 1 amide bonds. The number of para-hydroxylation sites is 3. The number of amides is 1. The number of imidazole rings is 1. The Bertz CT molecular complexity index is 1470. The van der Waals surface area contributed by atoms with E-state index in [1.165, 1.54) is 0 Å². The average Bonchev–Trinajstić information content (AvgIpc) is 3.19. The Morgan fingerprint density at radius 3 is 2.57 bits per heavy atom. The van der Waals surface area contributed by atoms with Crippen molar-refractivity contribution in [1.82, 2.24) is 9.66 Å². The second kappa shape index (κ2) is 7.00. The smallest absolute Gasteiger partial charge is 0.273 e. The number of carbonyl (C=O) groups excluding carboxylic acids is 1. The van der Waals surface area contributed by atoms with E-state index in [0.29, 0.717) is 16.7 Å². The number of hydrogen-bond acceptors (Lipinski definition) is 4. The van der Waals surface area contributed by atoms with Gasteiger partial charge in [0.25, 0.3) is 5.91 Å². The minimum atomic E-state index is -0.394. The molecule has 6 heteroatoms. The Balaban J connectivity index is 1.65. The van der Waals surface area contributed by atoms with Crippen LogP contribution in [0.3, 0.4) is 0 Å². The predicted molar refractivity (Wildman–Crippen MR) is 116 cm³/mol. The first kappa shape index (κ1) is 17.9. The van der Waals surface area contributed by atoms with Crippen molar-refractivity contribution < 1.29 is 9.21 Å². The number of nitrogens with zero attached hydrogens (tertiary/aromatic N) is 2. The highest BCUT2D eigenvalue weighted by Crippen LogP contribution is 2.27. The molecule has 0 spiro atoms. The summed E-state index contributed by atoms with van der Waals surface area (Å²) in [6.45, 7) is 1.73. The van der Waals surface area contributed by atoms with E-state index in [1.807, 2.05) is 54.6 Å². The number of fused-ring (bicyclic) bond motifs is 2. The van der Waals surface area contributed by atoms with Gasteiger partial charge < -0.3 is 4.42 Å². The lowest BCUT2D eigenvalue weighted by Crippen LogP contribution is -2.22. The predicted octanol–water partition coefficient (Wildman–Crippen LogP) is 4.50. The first-order valence-electron chi connectivity index (χ1n) is 9.49. The number of benzene rings is 3. The van der Waals surface area contributed by atoms with Crippen LogP contribution in [0.4, 0.5) is 0 Å². The molecule has 0 radical (unpaired) electrons. The zero-order chi connectivity index (χ0) is 20.7. The number of rotatable bonds is 3. The molecule has 0 atom stereocenters. The van der Waals surface area contributed by atoms with Gasteiger partial charge in [-0.15, -0.1) is 0 Å². The summed E-state index contributed by atoms with van der Waals surface area (Å²) < 4.78 is 7.69. The number of hydrogen-bond donors (Lipinski definition) is 1. The fourth-order valence-corrected chi connectivity index (χ4v) is 3.57. The molecular formula is C24H17N3O3. The first-order valence-corrected chi connectivity index (χ1v) is 9.49. The first-order chi connectivity index (χ1) is 14.6. The summed E-state index contributed by atoms with van der Waals surface area (Å²) in [7, 11) is 0. The molecule has 3 aromatic carbocycles. The second-order valence-electron chi connectivity index (χ2n) is 6.98. The molecule has 30 heavy (non-hydrogen) atoms. The summed E-state index contributed by atoms with van der Waals surface area (Å²) in [6, 6.07) is 21.9. The molecule has 2 aromatic heterocycles. The van der Waals surface area contributed by atoms with Crippen LogP contribution in [0.25, 0.3) is 33.3 Å². The molecule has 6 nitrogen and oxygen atoms in total. The normalized spacial score (nSPS) is 11.1. The van der Waals surface area contributed by atoms with Crippen LogP contribution in [0.5, 0.6) is 0 Å². The van der Waals surface area contributed by atoms with E-state index >= 15 is 0 Å². The summed E-state index contributed by atoms with van der Waals surface area (Å²) in [5, 5.41) is 0.371. The molecule has 0 unspecified atom stereocenters. The van der Waals surface area contributed by atoms with Gasteiger partial charge in [-0.25, -0.2) is 9.66 Å². The average molecular weight is 395 g/mol. The Kier molecular flexibility index (Phi) is 4.17. The SMILES string of the molecule is Cc1c(-c2ccccc2)oc2c(C(=O)Nn3cnc4ccccc43)cccc2c1=O. The molecule has 146 valence electrons. The largest absolute Gasteiger partial charge is 0.455 e. The molecule has 0 aliphatic carbocycles. The van der Waals surface area contributed by atoms with Gasteiger partial charge in [0.2, 0.25) is 0 Å². The fourth-order valence-electron chi connectivity index (χ4n) is 3.57. The number of carbonyl (C=O) groups is 1. The van der Waals surface area contributed by atoms with Crippen molar-refractivity contribution in [1.29, 1.82) is 0 Å².